The molecule has 0 spiro atoms. The first-order valence-corrected chi connectivity index (χ1v) is 10.4. The Labute approximate surface area is 196 Å². The lowest BCUT2D eigenvalue weighted by atomic mass is 10.1. The van der Waals surface area contributed by atoms with E-state index in [1.807, 2.05) is 0 Å². The molecule has 0 radical (unpaired) electrons. The zero-order valence-corrected chi connectivity index (χ0v) is 18.1. The van der Waals surface area contributed by atoms with Gasteiger partial charge in [-0.1, -0.05) is 0 Å². The third-order valence-corrected chi connectivity index (χ3v) is 5.13. The number of carbonyl (C=O) groups excluding carboxylic acids is 1. The minimum Gasteiger partial charge on any atom is -0.420 e. The van der Waals surface area contributed by atoms with Crippen molar-refractivity contribution < 1.29 is 32.9 Å². The van der Waals surface area contributed by atoms with E-state index in [-0.39, 0.29) is 24.4 Å². The van der Waals surface area contributed by atoms with Gasteiger partial charge in [-0.15, -0.1) is 8.78 Å². The summed E-state index contributed by atoms with van der Waals surface area (Å²) in [4.78, 5) is 22.6. The van der Waals surface area contributed by atoms with Gasteiger partial charge in [0.1, 0.15) is 17.4 Å². The van der Waals surface area contributed by atoms with Crippen LogP contribution in [0.4, 0.5) is 24.7 Å². The molecule has 178 valence electrons. The SMILES string of the molecule is O=C(Nc1ccc(OC(F)(F)Cl)cc1)c1cnc(N2CC(O)C(O)C2)c(-c2cncc(F)c2)c1. The van der Waals surface area contributed by atoms with E-state index in [9.17, 15) is 28.2 Å². The van der Waals surface area contributed by atoms with Gasteiger partial charge in [0.2, 0.25) is 0 Å². The molecule has 1 fully saturated rings. The number of β-amino-alcohol motifs (C(OH)–C–C–N with tert-alkyl or cyclic N) is 2. The standard InChI is InChI=1S/C22H18ClF3N4O4/c23-22(25,26)34-16-3-1-15(2-4-16)29-21(33)13-6-17(12-5-14(24)9-27-7-12)20(28-8-13)30-10-18(31)19(32)11-30/h1-9,18-19,31-32H,10-11H2,(H,29,33). The Bertz CT molecular complexity index is 1180. The maximum atomic E-state index is 13.8. The summed E-state index contributed by atoms with van der Waals surface area (Å²) in [6.45, 7) is 0.205. The molecule has 12 heteroatoms. The van der Waals surface area contributed by atoms with Gasteiger partial charge in [-0.2, -0.15) is 0 Å². The van der Waals surface area contributed by atoms with Crippen molar-refractivity contribution in [3.63, 3.8) is 0 Å². The van der Waals surface area contributed by atoms with Crippen LogP contribution >= 0.6 is 11.6 Å². The monoisotopic (exact) mass is 494 g/mol. The third-order valence-electron chi connectivity index (χ3n) is 5.05. The average molecular weight is 495 g/mol. The Kier molecular flexibility index (Phi) is 6.60. The Hall–Kier alpha value is -3.41. The van der Waals surface area contributed by atoms with E-state index in [1.54, 1.807) is 4.90 Å². The van der Waals surface area contributed by atoms with Crippen molar-refractivity contribution in [2.24, 2.45) is 0 Å². The summed E-state index contributed by atoms with van der Waals surface area (Å²) in [6.07, 6.45) is 1.77. The molecular weight excluding hydrogens is 477 g/mol. The minimum atomic E-state index is -3.86. The number of nitrogens with one attached hydrogen (secondary N) is 1. The third kappa shape index (κ3) is 5.56. The molecule has 2 atom stereocenters. The number of aliphatic hydroxyl groups excluding tert-OH is 2. The molecule has 2 aromatic heterocycles. The highest BCUT2D eigenvalue weighted by Gasteiger charge is 2.32. The molecular formula is C22H18ClF3N4O4. The van der Waals surface area contributed by atoms with E-state index < -0.39 is 29.5 Å². The minimum absolute atomic E-state index is 0.102. The molecule has 0 aliphatic carbocycles. The van der Waals surface area contributed by atoms with Crippen molar-refractivity contribution >= 4 is 29.0 Å². The second kappa shape index (κ2) is 9.45. The Morgan fingerprint density at radius 1 is 1.12 bits per heavy atom. The number of amides is 1. The summed E-state index contributed by atoms with van der Waals surface area (Å²) < 4.78 is 43.6. The molecule has 0 saturated carbocycles. The molecule has 34 heavy (non-hydrogen) atoms. The van der Waals surface area contributed by atoms with Gasteiger partial charge in [0.25, 0.3) is 5.91 Å². The van der Waals surface area contributed by atoms with Crippen LogP contribution in [0.5, 0.6) is 5.75 Å². The van der Waals surface area contributed by atoms with Crippen molar-refractivity contribution in [2.45, 2.75) is 17.8 Å². The second-order valence-electron chi connectivity index (χ2n) is 7.55. The normalized spacial score (nSPS) is 18.1. The summed E-state index contributed by atoms with van der Waals surface area (Å²) in [5, 5.41) is 22.4. The maximum absolute atomic E-state index is 13.8. The molecule has 8 nitrogen and oxygen atoms in total. The molecule has 3 heterocycles. The molecule has 1 aromatic carbocycles. The van der Waals surface area contributed by atoms with E-state index in [2.05, 4.69) is 20.0 Å². The summed E-state index contributed by atoms with van der Waals surface area (Å²) in [7, 11) is 0. The van der Waals surface area contributed by atoms with Crippen LogP contribution < -0.4 is 15.0 Å². The van der Waals surface area contributed by atoms with E-state index >= 15 is 0 Å². The van der Waals surface area contributed by atoms with Gasteiger partial charge in [0.15, 0.2) is 0 Å². The highest BCUT2D eigenvalue weighted by molar-refractivity contribution is 6.20. The Morgan fingerprint density at radius 3 is 2.41 bits per heavy atom. The first-order valence-electron chi connectivity index (χ1n) is 9.98. The van der Waals surface area contributed by atoms with Crippen molar-refractivity contribution in [1.82, 2.24) is 9.97 Å². The summed E-state index contributed by atoms with van der Waals surface area (Å²) in [5.74, 6) is -1.02. The quantitative estimate of drug-likeness (QED) is 0.451. The first-order chi connectivity index (χ1) is 16.1. The molecule has 3 aromatic rings. The van der Waals surface area contributed by atoms with Gasteiger partial charge >= 0.3 is 5.57 Å². The lowest BCUT2D eigenvalue weighted by Crippen LogP contribution is -2.23. The van der Waals surface area contributed by atoms with Gasteiger partial charge in [-0.05, 0) is 36.4 Å². The number of carbonyl (C=O) groups is 1. The van der Waals surface area contributed by atoms with Crippen LogP contribution in [-0.4, -0.2) is 57.0 Å². The van der Waals surface area contributed by atoms with Crippen LogP contribution in [0.25, 0.3) is 11.1 Å². The molecule has 4 rings (SSSR count). The number of alkyl halides is 3. The van der Waals surface area contributed by atoms with Gasteiger partial charge < -0.3 is 25.2 Å². The zero-order valence-electron chi connectivity index (χ0n) is 17.3. The number of hydrogen-bond donors (Lipinski definition) is 3. The van der Waals surface area contributed by atoms with Crippen molar-refractivity contribution in [2.75, 3.05) is 23.3 Å². The number of ether oxygens (including phenoxy) is 1. The number of anilines is 2. The average Bonchev–Trinajstić information content (AvgIpc) is 3.12. The number of halogens is 4. The molecule has 1 amide bonds. The molecule has 3 N–H and O–H groups in total. The fraction of sp³-hybridized carbons (Fsp3) is 0.227. The zero-order chi connectivity index (χ0) is 24.5. The van der Waals surface area contributed by atoms with Crippen molar-refractivity contribution in [3.8, 4) is 16.9 Å². The maximum Gasteiger partial charge on any atom is 0.487 e. The molecule has 2 unspecified atom stereocenters. The predicted octanol–water partition coefficient (Wildman–Crippen LogP) is 3.24. The smallest absolute Gasteiger partial charge is 0.420 e. The number of aromatic nitrogens is 2. The number of benzene rings is 1. The molecule has 1 saturated heterocycles. The highest BCUT2D eigenvalue weighted by atomic mass is 35.5. The molecule has 1 aliphatic heterocycles. The summed E-state index contributed by atoms with van der Waals surface area (Å²) in [5.41, 5.74) is -2.73. The van der Waals surface area contributed by atoms with Crippen LogP contribution in [0.1, 0.15) is 10.4 Å². The van der Waals surface area contributed by atoms with Crippen LogP contribution in [-0.2, 0) is 0 Å². The van der Waals surface area contributed by atoms with Crippen LogP contribution in [0, 0.1) is 5.82 Å². The first kappa shape index (κ1) is 23.7. The van der Waals surface area contributed by atoms with Gasteiger partial charge in [-0.3, -0.25) is 9.78 Å². The lowest BCUT2D eigenvalue weighted by molar-refractivity contribution is -0.0964. The van der Waals surface area contributed by atoms with E-state index in [1.165, 1.54) is 48.8 Å². The van der Waals surface area contributed by atoms with Gasteiger partial charge in [0.05, 0.1) is 24.0 Å². The lowest BCUT2D eigenvalue weighted by Gasteiger charge is -2.21. The Balaban J connectivity index is 1.61. The van der Waals surface area contributed by atoms with Crippen LogP contribution in [0.2, 0.25) is 0 Å². The summed E-state index contributed by atoms with van der Waals surface area (Å²) in [6, 6.07) is 7.83. The highest BCUT2D eigenvalue weighted by Crippen LogP contribution is 2.32. The van der Waals surface area contributed by atoms with Gasteiger partial charge in [0, 0.05) is 53.9 Å². The number of pyridine rings is 2. The van der Waals surface area contributed by atoms with E-state index in [0.717, 1.165) is 6.20 Å². The molecule has 0 bridgehead atoms. The largest absolute Gasteiger partial charge is 0.487 e. The molecule has 1 aliphatic rings. The van der Waals surface area contributed by atoms with E-state index in [4.69, 9.17) is 11.6 Å². The number of nitrogens with zero attached hydrogens (tertiary/aromatic N) is 3. The fourth-order valence-electron chi connectivity index (χ4n) is 3.49. The Morgan fingerprint density at radius 2 is 1.79 bits per heavy atom. The number of hydrogen-bond acceptors (Lipinski definition) is 7. The topological polar surface area (TPSA) is 108 Å². The number of rotatable bonds is 6. The summed E-state index contributed by atoms with van der Waals surface area (Å²) >= 11 is 4.73. The predicted molar refractivity (Wildman–Crippen MR) is 117 cm³/mol. The van der Waals surface area contributed by atoms with E-state index in [0.29, 0.717) is 22.6 Å². The van der Waals surface area contributed by atoms with Crippen molar-refractivity contribution in [3.05, 3.63) is 66.4 Å². The van der Waals surface area contributed by atoms with Crippen molar-refractivity contribution in [1.29, 1.82) is 0 Å². The van der Waals surface area contributed by atoms with Crippen LogP contribution in [0.15, 0.2) is 55.0 Å². The van der Waals surface area contributed by atoms with Gasteiger partial charge in [-0.25, -0.2) is 9.37 Å². The van der Waals surface area contributed by atoms with Crippen LogP contribution in [0.3, 0.4) is 0 Å². The number of aliphatic hydroxyl groups is 2. The fourth-order valence-corrected chi connectivity index (χ4v) is 3.58. The second-order valence-corrected chi connectivity index (χ2v) is 7.99.